The SMILES string of the molecule is C1CC[SiH2]OC1.c1cncnc1. The maximum atomic E-state index is 5.21. The highest BCUT2D eigenvalue weighted by molar-refractivity contribution is 6.27. The summed E-state index contributed by atoms with van der Waals surface area (Å²) < 4.78 is 5.21. The van der Waals surface area contributed by atoms with Crippen LogP contribution in [0, 0.1) is 0 Å². The molecule has 0 aromatic carbocycles. The average molecular weight is 182 g/mol. The van der Waals surface area contributed by atoms with Gasteiger partial charge >= 0.3 is 0 Å². The normalized spacial score (nSPS) is 18.0. The highest BCUT2D eigenvalue weighted by Crippen LogP contribution is 2.01. The summed E-state index contributed by atoms with van der Waals surface area (Å²) in [6.07, 6.45) is 7.62. The van der Waals surface area contributed by atoms with Gasteiger partial charge in [-0.05, 0) is 18.5 Å². The molecule has 1 saturated heterocycles. The summed E-state index contributed by atoms with van der Waals surface area (Å²) in [7, 11) is 0.00849. The summed E-state index contributed by atoms with van der Waals surface area (Å²) in [6.45, 7) is 1.06. The summed E-state index contributed by atoms with van der Waals surface area (Å²) in [4.78, 5) is 7.35. The molecule has 0 spiro atoms. The van der Waals surface area contributed by atoms with Gasteiger partial charge in [0.2, 0.25) is 0 Å². The van der Waals surface area contributed by atoms with Crippen molar-refractivity contribution in [3.63, 3.8) is 0 Å². The van der Waals surface area contributed by atoms with Crippen LogP contribution >= 0.6 is 0 Å². The molecule has 0 bridgehead atoms. The van der Waals surface area contributed by atoms with Crippen molar-refractivity contribution < 1.29 is 4.43 Å². The van der Waals surface area contributed by atoms with E-state index in [2.05, 4.69) is 9.97 Å². The summed E-state index contributed by atoms with van der Waals surface area (Å²) >= 11 is 0. The second kappa shape index (κ2) is 6.94. The number of nitrogens with zero attached hydrogens (tertiary/aromatic N) is 2. The summed E-state index contributed by atoms with van der Waals surface area (Å²) in [5.74, 6) is 0. The van der Waals surface area contributed by atoms with Crippen LogP contribution in [0.4, 0.5) is 0 Å². The lowest BCUT2D eigenvalue weighted by molar-refractivity contribution is 0.304. The van der Waals surface area contributed by atoms with Crippen LogP contribution in [0.15, 0.2) is 24.8 Å². The van der Waals surface area contributed by atoms with Gasteiger partial charge in [0.1, 0.15) is 6.33 Å². The van der Waals surface area contributed by atoms with E-state index >= 15 is 0 Å². The Hall–Kier alpha value is -0.743. The van der Waals surface area contributed by atoms with Gasteiger partial charge in [-0.15, -0.1) is 0 Å². The molecule has 0 saturated carbocycles. The van der Waals surface area contributed by atoms with E-state index in [1.54, 1.807) is 18.5 Å². The standard InChI is InChI=1S/C4H4N2.C4H10OSi/c1-2-5-4-6-3-1;1-2-4-6-5-3-1/h1-4H;1-4,6H2. The highest BCUT2D eigenvalue weighted by atomic mass is 28.2. The van der Waals surface area contributed by atoms with E-state index in [1.165, 1.54) is 25.2 Å². The molecule has 66 valence electrons. The van der Waals surface area contributed by atoms with Crippen molar-refractivity contribution in [1.82, 2.24) is 9.97 Å². The molecule has 1 aromatic rings. The molecule has 2 heterocycles. The van der Waals surface area contributed by atoms with E-state index < -0.39 is 0 Å². The molecule has 12 heavy (non-hydrogen) atoms. The third-order valence-corrected chi connectivity index (χ3v) is 2.92. The van der Waals surface area contributed by atoms with Crippen LogP contribution in [0.2, 0.25) is 6.04 Å². The second-order valence-electron chi connectivity index (χ2n) is 2.58. The average Bonchev–Trinajstić information content (AvgIpc) is 2.24. The third kappa shape index (κ3) is 4.98. The molecule has 0 aliphatic carbocycles. The predicted octanol–water partition coefficient (Wildman–Crippen LogP) is 0.775. The quantitative estimate of drug-likeness (QED) is 0.556. The number of aromatic nitrogens is 2. The molecule has 3 nitrogen and oxygen atoms in total. The van der Waals surface area contributed by atoms with E-state index in [9.17, 15) is 0 Å². The van der Waals surface area contributed by atoms with Gasteiger partial charge in [0.25, 0.3) is 0 Å². The zero-order chi connectivity index (χ0) is 8.49. The largest absolute Gasteiger partial charge is 0.424 e. The molecular weight excluding hydrogens is 168 g/mol. The van der Waals surface area contributed by atoms with Crippen molar-refractivity contribution in [2.24, 2.45) is 0 Å². The topological polar surface area (TPSA) is 35.0 Å². The van der Waals surface area contributed by atoms with Crippen molar-refractivity contribution in [2.45, 2.75) is 18.9 Å². The fourth-order valence-electron chi connectivity index (χ4n) is 0.940. The van der Waals surface area contributed by atoms with E-state index in [4.69, 9.17) is 4.43 Å². The first-order valence-electron chi connectivity index (χ1n) is 4.28. The Morgan fingerprint density at radius 3 is 2.17 bits per heavy atom. The maximum Gasteiger partial charge on any atom is 0.161 e. The molecule has 1 aliphatic rings. The Labute approximate surface area is 75.1 Å². The van der Waals surface area contributed by atoms with E-state index in [0.717, 1.165) is 6.61 Å². The smallest absolute Gasteiger partial charge is 0.161 e. The van der Waals surface area contributed by atoms with E-state index in [1.807, 2.05) is 0 Å². The van der Waals surface area contributed by atoms with Crippen molar-refractivity contribution >= 4 is 9.76 Å². The molecule has 0 N–H and O–H groups in total. The third-order valence-electron chi connectivity index (χ3n) is 1.55. The predicted molar refractivity (Wildman–Crippen MR) is 50.6 cm³/mol. The van der Waals surface area contributed by atoms with Gasteiger partial charge in [0.15, 0.2) is 9.76 Å². The van der Waals surface area contributed by atoms with E-state index in [0.29, 0.717) is 0 Å². The van der Waals surface area contributed by atoms with Crippen LogP contribution in [0.5, 0.6) is 0 Å². The first-order chi connectivity index (χ1) is 6.00. The Bertz CT molecular complexity index is 141. The molecule has 2 rings (SSSR count). The van der Waals surface area contributed by atoms with Gasteiger partial charge in [-0.3, -0.25) is 0 Å². The molecule has 1 fully saturated rings. The van der Waals surface area contributed by atoms with Gasteiger partial charge in [0, 0.05) is 19.0 Å². The molecular formula is C8H14N2OSi. The lowest BCUT2D eigenvalue weighted by atomic mass is 10.4. The van der Waals surface area contributed by atoms with Crippen LogP contribution in [0.25, 0.3) is 0 Å². The van der Waals surface area contributed by atoms with E-state index in [-0.39, 0.29) is 9.76 Å². The molecule has 4 heteroatoms. The monoisotopic (exact) mass is 182 g/mol. The summed E-state index contributed by atoms with van der Waals surface area (Å²) in [5.41, 5.74) is 0. The van der Waals surface area contributed by atoms with Gasteiger partial charge in [-0.2, -0.15) is 0 Å². The Morgan fingerprint density at radius 1 is 1.17 bits per heavy atom. The maximum absolute atomic E-state index is 5.21. The second-order valence-corrected chi connectivity index (χ2v) is 4.10. The van der Waals surface area contributed by atoms with Gasteiger partial charge in [-0.25, -0.2) is 9.97 Å². The van der Waals surface area contributed by atoms with Crippen LogP contribution in [-0.2, 0) is 4.43 Å². The fraction of sp³-hybridized carbons (Fsp3) is 0.500. The lowest BCUT2D eigenvalue weighted by Gasteiger charge is -2.07. The Morgan fingerprint density at radius 2 is 2.00 bits per heavy atom. The molecule has 0 amide bonds. The number of rotatable bonds is 0. The Kier molecular flexibility index (Phi) is 5.40. The van der Waals surface area contributed by atoms with Gasteiger partial charge in [-0.1, -0.05) is 6.42 Å². The molecule has 0 unspecified atom stereocenters. The first kappa shape index (κ1) is 9.35. The van der Waals surface area contributed by atoms with Crippen molar-refractivity contribution in [1.29, 1.82) is 0 Å². The van der Waals surface area contributed by atoms with Crippen molar-refractivity contribution in [3.8, 4) is 0 Å². The van der Waals surface area contributed by atoms with Crippen LogP contribution in [0.3, 0.4) is 0 Å². The van der Waals surface area contributed by atoms with Crippen LogP contribution in [0.1, 0.15) is 12.8 Å². The molecule has 1 aromatic heterocycles. The van der Waals surface area contributed by atoms with Crippen LogP contribution < -0.4 is 0 Å². The minimum absolute atomic E-state index is 0.00849. The molecule has 0 atom stereocenters. The molecule has 1 aliphatic heterocycles. The lowest BCUT2D eigenvalue weighted by Crippen LogP contribution is -2.06. The minimum atomic E-state index is 0.00849. The minimum Gasteiger partial charge on any atom is -0.424 e. The fourth-order valence-corrected chi connectivity index (χ4v) is 2.11. The summed E-state index contributed by atoms with van der Waals surface area (Å²) in [6, 6.07) is 3.19. The van der Waals surface area contributed by atoms with Gasteiger partial charge in [0.05, 0.1) is 0 Å². The summed E-state index contributed by atoms with van der Waals surface area (Å²) in [5, 5.41) is 0. The highest BCUT2D eigenvalue weighted by Gasteiger charge is 1.96. The zero-order valence-electron chi connectivity index (χ0n) is 7.15. The van der Waals surface area contributed by atoms with Crippen LogP contribution in [-0.4, -0.2) is 26.3 Å². The van der Waals surface area contributed by atoms with Crippen molar-refractivity contribution in [3.05, 3.63) is 24.8 Å². The Balaban J connectivity index is 0.000000120. The molecule has 0 radical (unpaired) electrons. The van der Waals surface area contributed by atoms with Gasteiger partial charge < -0.3 is 4.43 Å². The zero-order valence-corrected chi connectivity index (χ0v) is 8.56. The van der Waals surface area contributed by atoms with Crippen molar-refractivity contribution in [2.75, 3.05) is 6.61 Å². The number of hydrogen-bond acceptors (Lipinski definition) is 3. The first-order valence-corrected chi connectivity index (χ1v) is 5.85. The number of hydrogen-bond donors (Lipinski definition) is 0.